The Hall–Kier alpha value is -1.27. The maximum atomic E-state index is 10.9. The van der Waals surface area contributed by atoms with Crippen LogP contribution in [0.15, 0.2) is 18.2 Å². The molecule has 0 saturated heterocycles. The van der Waals surface area contributed by atoms with Crippen LogP contribution in [0, 0.1) is 10.1 Å². The van der Waals surface area contributed by atoms with Crippen LogP contribution >= 0.6 is 11.8 Å². The summed E-state index contributed by atoms with van der Waals surface area (Å²) in [5.74, 6) is 2.93. The van der Waals surface area contributed by atoms with Crippen LogP contribution in [0.25, 0.3) is 0 Å². The number of non-ortho nitro benzene ring substituents is 1. The molecular weight excluding hydrogens is 288 g/mol. The predicted molar refractivity (Wildman–Crippen MR) is 88.2 cm³/mol. The summed E-state index contributed by atoms with van der Waals surface area (Å²) in [6.07, 6.45) is 2.01. The minimum atomic E-state index is -0.370. The second kappa shape index (κ2) is 10.5. The van der Waals surface area contributed by atoms with E-state index in [4.69, 9.17) is 4.74 Å². The number of nitro benzene ring substituents is 1. The second-order valence-corrected chi connectivity index (χ2v) is 6.02. The van der Waals surface area contributed by atoms with Gasteiger partial charge in [0.05, 0.1) is 11.5 Å². The van der Waals surface area contributed by atoms with E-state index in [1.54, 1.807) is 12.1 Å². The Bertz CT molecular complexity index is 441. The summed E-state index contributed by atoms with van der Waals surface area (Å²) >= 11 is 1.89. The molecule has 0 radical (unpaired) electrons. The first-order chi connectivity index (χ1) is 10.2. The SMILES string of the molecule is CCCNCc1cc([N+](=O)[O-])ccc1OCCCSCC. The number of hydrogen-bond acceptors (Lipinski definition) is 5. The lowest BCUT2D eigenvalue weighted by molar-refractivity contribution is -0.384. The summed E-state index contributed by atoms with van der Waals surface area (Å²) in [6.45, 7) is 6.35. The topological polar surface area (TPSA) is 64.4 Å². The fourth-order valence-electron chi connectivity index (χ4n) is 1.85. The normalized spacial score (nSPS) is 10.6. The van der Waals surface area contributed by atoms with E-state index in [0.717, 1.165) is 42.2 Å². The Morgan fingerprint density at radius 1 is 1.38 bits per heavy atom. The van der Waals surface area contributed by atoms with Crippen LogP contribution in [0.1, 0.15) is 32.3 Å². The maximum absolute atomic E-state index is 10.9. The third kappa shape index (κ3) is 6.82. The van der Waals surface area contributed by atoms with Crippen LogP contribution < -0.4 is 10.1 Å². The molecule has 0 spiro atoms. The molecule has 1 N–H and O–H groups in total. The quantitative estimate of drug-likeness (QED) is 0.384. The van der Waals surface area contributed by atoms with Crippen LogP contribution in [-0.4, -0.2) is 29.6 Å². The zero-order valence-electron chi connectivity index (χ0n) is 12.8. The minimum Gasteiger partial charge on any atom is -0.493 e. The summed E-state index contributed by atoms with van der Waals surface area (Å²) in [4.78, 5) is 10.5. The van der Waals surface area contributed by atoms with Gasteiger partial charge in [-0.15, -0.1) is 0 Å². The van der Waals surface area contributed by atoms with Crippen molar-refractivity contribution in [2.75, 3.05) is 24.7 Å². The number of nitro groups is 1. The molecule has 0 unspecified atom stereocenters. The first kappa shape index (κ1) is 17.8. The van der Waals surface area contributed by atoms with Crippen molar-refractivity contribution in [3.05, 3.63) is 33.9 Å². The van der Waals surface area contributed by atoms with E-state index in [1.165, 1.54) is 6.07 Å². The van der Waals surface area contributed by atoms with E-state index in [-0.39, 0.29) is 10.6 Å². The van der Waals surface area contributed by atoms with Crippen LogP contribution in [0.5, 0.6) is 5.75 Å². The van der Waals surface area contributed by atoms with E-state index in [0.29, 0.717) is 13.2 Å². The van der Waals surface area contributed by atoms with Gasteiger partial charge in [-0.1, -0.05) is 13.8 Å². The molecule has 0 bridgehead atoms. The van der Waals surface area contributed by atoms with Gasteiger partial charge in [-0.05, 0) is 37.0 Å². The van der Waals surface area contributed by atoms with Crippen molar-refractivity contribution in [1.29, 1.82) is 0 Å². The van der Waals surface area contributed by atoms with Crippen molar-refractivity contribution in [1.82, 2.24) is 5.32 Å². The average Bonchev–Trinajstić information content (AvgIpc) is 2.48. The first-order valence-electron chi connectivity index (χ1n) is 7.37. The van der Waals surface area contributed by atoms with E-state index >= 15 is 0 Å². The summed E-state index contributed by atoms with van der Waals surface area (Å²) < 4.78 is 5.77. The number of nitrogens with one attached hydrogen (secondary N) is 1. The highest BCUT2D eigenvalue weighted by Gasteiger charge is 2.11. The smallest absolute Gasteiger partial charge is 0.270 e. The van der Waals surface area contributed by atoms with Crippen molar-refractivity contribution in [3.63, 3.8) is 0 Å². The van der Waals surface area contributed by atoms with Gasteiger partial charge in [0.25, 0.3) is 5.69 Å². The molecule has 0 aromatic heterocycles. The molecule has 1 rings (SSSR count). The molecule has 1 aromatic rings. The highest BCUT2D eigenvalue weighted by Crippen LogP contribution is 2.24. The fourth-order valence-corrected chi connectivity index (χ4v) is 2.46. The summed E-state index contributed by atoms with van der Waals surface area (Å²) in [5, 5.41) is 14.1. The zero-order chi connectivity index (χ0) is 15.5. The third-order valence-corrected chi connectivity index (χ3v) is 3.88. The molecule has 0 heterocycles. The van der Waals surface area contributed by atoms with Gasteiger partial charge in [0.1, 0.15) is 5.75 Å². The molecular formula is C15H24N2O3S. The van der Waals surface area contributed by atoms with E-state index in [9.17, 15) is 10.1 Å². The van der Waals surface area contributed by atoms with Crippen molar-refractivity contribution >= 4 is 17.4 Å². The molecule has 6 heteroatoms. The Morgan fingerprint density at radius 2 is 2.19 bits per heavy atom. The molecule has 0 aliphatic rings. The van der Waals surface area contributed by atoms with Gasteiger partial charge < -0.3 is 10.1 Å². The molecule has 0 saturated carbocycles. The number of ether oxygens (including phenoxy) is 1. The summed E-state index contributed by atoms with van der Waals surface area (Å²) in [5.41, 5.74) is 0.956. The zero-order valence-corrected chi connectivity index (χ0v) is 13.6. The molecule has 0 amide bonds. The Labute approximate surface area is 130 Å². The standard InChI is InChI=1S/C15H24N2O3S/c1-3-8-16-12-13-11-14(17(18)19)6-7-15(13)20-9-5-10-21-4-2/h6-7,11,16H,3-5,8-10,12H2,1-2H3. The molecule has 0 atom stereocenters. The average molecular weight is 312 g/mol. The summed E-state index contributed by atoms with van der Waals surface area (Å²) in [7, 11) is 0. The van der Waals surface area contributed by atoms with E-state index in [2.05, 4.69) is 19.2 Å². The molecule has 21 heavy (non-hydrogen) atoms. The number of thioether (sulfide) groups is 1. The Kier molecular flexibility index (Phi) is 8.85. The van der Waals surface area contributed by atoms with Crippen molar-refractivity contribution in [2.45, 2.75) is 33.2 Å². The van der Waals surface area contributed by atoms with E-state index in [1.807, 2.05) is 11.8 Å². The minimum absolute atomic E-state index is 0.109. The van der Waals surface area contributed by atoms with Crippen LogP contribution in [0.2, 0.25) is 0 Å². The lowest BCUT2D eigenvalue weighted by Crippen LogP contribution is -2.15. The van der Waals surface area contributed by atoms with Crippen molar-refractivity contribution in [3.8, 4) is 5.75 Å². The Balaban J connectivity index is 2.64. The number of hydrogen-bond donors (Lipinski definition) is 1. The van der Waals surface area contributed by atoms with Crippen LogP contribution in [0.3, 0.4) is 0 Å². The predicted octanol–water partition coefficient (Wildman–Crippen LogP) is 3.62. The maximum Gasteiger partial charge on any atom is 0.270 e. The van der Waals surface area contributed by atoms with Gasteiger partial charge in [-0.3, -0.25) is 10.1 Å². The van der Waals surface area contributed by atoms with Crippen LogP contribution in [-0.2, 0) is 6.54 Å². The second-order valence-electron chi connectivity index (χ2n) is 4.62. The highest BCUT2D eigenvalue weighted by atomic mass is 32.2. The molecule has 0 fully saturated rings. The van der Waals surface area contributed by atoms with Crippen molar-refractivity contribution < 1.29 is 9.66 Å². The van der Waals surface area contributed by atoms with Crippen LogP contribution in [0.4, 0.5) is 5.69 Å². The monoisotopic (exact) mass is 312 g/mol. The van der Waals surface area contributed by atoms with Gasteiger partial charge >= 0.3 is 0 Å². The van der Waals surface area contributed by atoms with Gasteiger partial charge in [0.15, 0.2) is 0 Å². The number of benzene rings is 1. The third-order valence-electron chi connectivity index (χ3n) is 2.89. The Morgan fingerprint density at radius 3 is 2.86 bits per heavy atom. The molecule has 118 valence electrons. The molecule has 5 nitrogen and oxygen atoms in total. The number of rotatable bonds is 11. The van der Waals surface area contributed by atoms with Crippen molar-refractivity contribution in [2.24, 2.45) is 0 Å². The number of nitrogens with zero attached hydrogens (tertiary/aromatic N) is 1. The summed E-state index contributed by atoms with van der Waals surface area (Å²) in [6, 6.07) is 4.80. The van der Waals surface area contributed by atoms with Gasteiger partial charge in [-0.2, -0.15) is 11.8 Å². The fraction of sp³-hybridized carbons (Fsp3) is 0.600. The highest BCUT2D eigenvalue weighted by molar-refractivity contribution is 7.99. The van der Waals surface area contributed by atoms with E-state index < -0.39 is 0 Å². The molecule has 0 aliphatic carbocycles. The largest absolute Gasteiger partial charge is 0.493 e. The van der Waals surface area contributed by atoms with Gasteiger partial charge in [0, 0.05) is 24.2 Å². The van der Waals surface area contributed by atoms with Gasteiger partial charge in [0.2, 0.25) is 0 Å². The lowest BCUT2D eigenvalue weighted by Gasteiger charge is -2.12. The lowest BCUT2D eigenvalue weighted by atomic mass is 10.1. The molecule has 1 aromatic carbocycles. The first-order valence-corrected chi connectivity index (χ1v) is 8.53. The molecule has 0 aliphatic heterocycles. The van der Waals surface area contributed by atoms with Gasteiger partial charge in [-0.25, -0.2) is 0 Å².